The summed E-state index contributed by atoms with van der Waals surface area (Å²) in [7, 11) is 2.08. The number of hydrogen-bond donors (Lipinski definition) is 0. The molecule has 0 saturated carbocycles. The second-order valence-corrected chi connectivity index (χ2v) is 4.27. The van der Waals surface area contributed by atoms with Crippen LogP contribution in [0.15, 0.2) is 49.2 Å². The Morgan fingerprint density at radius 1 is 1.25 bits per heavy atom. The summed E-state index contributed by atoms with van der Waals surface area (Å²) in [4.78, 5) is 2.16. The van der Waals surface area contributed by atoms with Crippen molar-refractivity contribution < 1.29 is 0 Å². The van der Waals surface area contributed by atoms with E-state index in [0.717, 1.165) is 12.1 Å². The summed E-state index contributed by atoms with van der Waals surface area (Å²) >= 11 is 0. The van der Waals surface area contributed by atoms with E-state index in [2.05, 4.69) is 61.1 Å². The molecule has 0 bridgehead atoms. The van der Waals surface area contributed by atoms with Gasteiger partial charge in [0, 0.05) is 13.6 Å². The van der Waals surface area contributed by atoms with Crippen molar-refractivity contribution in [1.29, 1.82) is 0 Å². The number of hydrogen-bond acceptors (Lipinski definition) is 1. The third kappa shape index (κ3) is 2.25. The van der Waals surface area contributed by atoms with Gasteiger partial charge in [0.2, 0.25) is 0 Å². The van der Waals surface area contributed by atoms with E-state index in [1.165, 1.54) is 16.7 Å². The Kier molecular flexibility index (Phi) is 2.95. The number of benzene rings is 1. The van der Waals surface area contributed by atoms with Gasteiger partial charge in [0.05, 0.1) is 0 Å². The van der Waals surface area contributed by atoms with Crippen molar-refractivity contribution in [2.75, 3.05) is 13.6 Å². The lowest BCUT2D eigenvalue weighted by Crippen LogP contribution is -2.13. The van der Waals surface area contributed by atoms with Crippen LogP contribution in [-0.4, -0.2) is 18.5 Å². The normalized spacial score (nSPS) is 14.9. The molecule has 1 heteroatoms. The van der Waals surface area contributed by atoms with Crippen LogP contribution in [0, 0.1) is 0 Å². The van der Waals surface area contributed by atoms with Crippen molar-refractivity contribution in [3.63, 3.8) is 0 Å². The molecule has 0 saturated heterocycles. The zero-order valence-electron chi connectivity index (χ0n) is 9.90. The third-order valence-corrected chi connectivity index (χ3v) is 2.82. The monoisotopic (exact) mass is 211 g/mol. The van der Waals surface area contributed by atoms with Crippen molar-refractivity contribution in [3.8, 4) is 0 Å². The van der Waals surface area contributed by atoms with Gasteiger partial charge >= 0.3 is 0 Å². The van der Waals surface area contributed by atoms with Gasteiger partial charge in [0.1, 0.15) is 0 Å². The maximum absolute atomic E-state index is 3.94. The second-order valence-electron chi connectivity index (χ2n) is 4.27. The molecular weight excluding hydrogens is 194 g/mol. The predicted octanol–water partition coefficient (Wildman–Crippen LogP) is 3.56. The maximum atomic E-state index is 3.94. The summed E-state index contributed by atoms with van der Waals surface area (Å²) < 4.78 is 0. The summed E-state index contributed by atoms with van der Waals surface area (Å²) in [5.74, 6) is 0. The Morgan fingerprint density at radius 2 is 1.94 bits per heavy atom. The van der Waals surface area contributed by atoms with Crippen LogP contribution in [0.1, 0.15) is 18.1 Å². The molecular formula is C15H17N. The lowest BCUT2D eigenvalue weighted by atomic mass is 10.0. The number of allylic oxidation sites excluding steroid dienone is 3. The average molecular weight is 211 g/mol. The molecule has 1 heterocycles. The minimum absolute atomic E-state index is 0.980. The van der Waals surface area contributed by atoms with E-state index in [1.54, 1.807) is 0 Å². The van der Waals surface area contributed by atoms with E-state index >= 15 is 0 Å². The SMILES string of the molecule is C=C(C)c1ccc(C2=CCN(C)C=C2)cc1. The van der Waals surface area contributed by atoms with Crippen LogP contribution in [0.3, 0.4) is 0 Å². The Bertz CT molecular complexity index is 449. The van der Waals surface area contributed by atoms with Gasteiger partial charge in [-0.1, -0.05) is 42.5 Å². The first-order valence-electron chi connectivity index (χ1n) is 5.52. The summed E-state index contributed by atoms with van der Waals surface area (Å²) in [6.07, 6.45) is 6.51. The zero-order valence-corrected chi connectivity index (χ0v) is 9.90. The van der Waals surface area contributed by atoms with Crippen LogP contribution in [0.5, 0.6) is 0 Å². The molecule has 0 amide bonds. The Hall–Kier alpha value is -1.76. The fraction of sp³-hybridized carbons (Fsp3) is 0.200. The van der Waals surface area contributed by atoms with Crippen LogP contribution in [0.2, 0.25) is 0 Å². The molecule has 82 valence electrons. The molecule has 0 unspecified atom stereocenters. The van der Waals surface area contributed by atoms with Crippen molar-refractivity contribution in [2.45, 2.75) is 6.92 Å². The highest BCUT2D eigenvalue weighted by molar-refractivity contribution is 5.76. The molecule has 1 aromatic carbocycles. The first-order valence-corrected chi connectivity index (χ1v) is 5.52. The van der Waals surface area contributed by atoms with E-state index in [0.29, 0.717) is 0 Å². The van der Waals surface area contributed by atoms with Gasteiger partial charge in [-0.25, -0.2) is 0 Å². The molecule has 16 heavy (non-hydrogen) atoms. The fourth-order valence-corrected chi connectivity index (χ4v) is 1.74. The van der Waals surface area contributed by atoms with E-state index in [-0.39, 0.29) is 0 Å². The van der Waals surface area contributed by atoms with Gasteiger partial charge in [-0.15, -0.1) is 0 Å². The maximum Gasteiger partial charge on any atom is 0.0359 e. The number of rotatable bonds is 2. The van der Waals surface area contributed by atoms with E-state index in [4.69, 9.17) is 0 Å². The van der Waals surface area contributed by atoms with Crippen molar-refractivity contribution >= 4 is 11.1 Å². The minimum Gasteiger partial charge on any atom is -0.377 e. The summed E-state index contributed by atoms with van der Waals surface area (Å²) in [5.41, 5.74) is 4.89. The lowest BCUT2D eigenvalue weighted by molar-refractivity contribution is 0.506. The third-order valence-electron chi connectivity index (χ3n) is 2.82. The molecule has 1 aliphatic rings. The molecule has 0 fully saturated rings. The molecule has 1 nitrogen and oxygen atoms in total. The summed E-state index contributed by atoms with van der Waals surface area (Å²) in [6.45, 7) is 6.95. The van der Waals surface area contributed by atoms with Gasteiger partial charge in [0.15, 0.2) is 0 Å². The fourth-order valence-electron chi connectivity index (χ4n) is 1.74. The first-order chi connectivity index (χ1) is 7.66. The van der Waals surface area contributed by atoms with Gasteiger partial charge in [-0.2, -0.15) is 0 Å². The van der Waals surface area contributed by atoms with Crippen LogP contribution in [0.4, 0.5) is 0 Å². The van der Waals surface area contributed by atoms with Crippen molar-refractivity contribution in [1.82, 2.24) is 4.90 Å². The topological polar surface area (TPSA) is 3.24 Å². The highest BCUT2D eigenvalue weighted by atomic mass is 15.1. The first kappa shape index (κ1) is 10.7. The smallest absolute Gasteiger partial charge is 0.0359 e. The van der Waals surface area contributed by atoms with Crippen LogP contribution >= 0.6 is 0 Å². The lowest BCUT2D eigenvalue weighted by Gasteiger charge is -2.17. The Morgan fingerprint density at radius 3 is 2.44 bits per heavy atom. The van der Waals surface area contributed by atoms with Gasteiger partial charge < -0.3 is 4.90 Å². The van der Waals surface area contributed by atoms with E-state index in [1.807, 2.05) is 6.92 Å². The summed E-state index contributed by atoms with van der Waals surface area (Å²) in [6, 6.07) is 8.58. The highest BCUT2D eigenvalue weighted by Crippen LogP contribution is 2.21. The van der Waals surface area contributed by atoms with Gasteiger partial charge in [-0.3, -0.25) is 0 Å². The zero-order chi connectivity index (χ0) is 11.5. The molecule has 0 atom stereocenters. The quantitative estimate of drug-likeness (QED) is 0.723. The molecule has 1 aromatic rings. The standard InChI is InChI=1S/C15H17N/c1-12(2)13-4-6-14(7-5-13)15-8-10-16(3)11-9-15/h4-10H,1,11H2,2-3H3. The van der Waals surface area contributed by atoms with Crippen LogP contribution in [0.25, 0.3) is 11.1 Å². The highest BCUT2D eigenvalue weighted by Gasteiger charge is 2.03. The Labute approximate surface area is 97.4 Å². The number of likely N-dealkylation sites (N-methyl/N-ethyl adjacent to an activating group) is 1. The Balaban J connectivity index is 2.23. The number of nitrogens with zero attached hydrogens (tertiary/aromatic N) is 1. The van der Waals surface area contributed by atoms with Gasteiger partial charge in [-0.05, 0) is 35.9 Å². The van der Waals surface area contributed by atoms with Crippen molar-refractivity contribution in [3.05, 3.63) is 60.3 Å². The molecule has 0 radical (unpaired) electrons. The van der Waals surface area contributed by atoms with Crippen LogP contribution < -0.4 is 0 Å². The molecule has 2 rings (SSSR count). The van der Waals surface area contributed by atoms with Gasteiger partial charge in [0.25, 0.3) is 0 Å². The molecule has 0 aliphatic carbocycles. The minimum atomic E-state index is 0.980. The summed E-state index contributed by atoms with van der Waals surface area (Å²) in [5, 5.41) is 0. The van der Waals surface area contributed by atoms with Crippen molar-refractivity contribution in [2.24, 2.45) is 0 Å². The molecule has 1 aliphatic heterocycles. The molecule has 0 aromatic heterocycles. The van der Waals surface area contributed by atoms with E-state index in [9.17, 15) is 0 Å². The average Bonchev–Trinajstić information content (AvgIpc) is 2.30. The van der Waals surface area contributed by atoms with E-state index < -0.39 is 0 Å². The molecule has 0 spiro atoms. The largest absolute Gasteiger partial charge is 0.377 e. The molecule has 0 N–H and O–H groups in total. The predicted molar refractivity (Wildman–Crippen MR) is 70.9 cm³/mol. The second kappa shape index (κ2) is 4.40. The van der Waals surface area contributed by atoms with Crippen LogP contribution in [-0.2, 0) is 0 Å².